The number of benzene rings is 2. The molecule has 2 aromatic carbocycles. The van der Waals surface area contributed by atoms with Crippen molar-refractivity contribution in [3.05, 3.63) is 65.9 Å². The molecule has 1 heterocycles. The van der Waals surface area contributed by atoms with E-state index in [-0.39, 0.29) is 6.54 Å². The smallest absolute Gasteiger partial charge is 0.323 e. The lowest BCUT2D eigenvalue weighted by atomic mass is 9.99. The maximum absolute atomic E-state index is 11.1. The third-order valence-corrected chi connectivity index (χ3v) is 4.64. The number of hydrogen-bond donors (Lipinski definition) is 4. The number of carboxylic acids is 1. The van der Waals surface area contributed by atoms with E-state index in [1.165, 1.54) is 7.11 Å². The normalized spacial score (nSPS) is 11.7. The molecule has 0 saturated heterocycles. The Morgan fingerprint density at radius 1 is 1.13 bits per heavy atom. The van der Waals surface area contributed by atoms with Gasteiger partial charge in [-0.1, -0.05) is 42.5 Å². The Bertz CT molecular complexity index is 1010. The zero-order valence-corrected chi connectivity index (χ0v) is 16.8. The standard InChI is InChI=1S/C22H24N4O4/c1-14-17(15-7-4-3-5-8-15)9-6-10-18(14)25-22-24-16(11-20(26-22)30-2)12-23-19(13-27)21(28)29/h3-11,19,23,27H,12-13H2,1-2H3,(H,28,29)(H,24,25,26)/t19-/m1/s1. The molecule has 0 radical (unpaired) electrons. The minimum absolute atomic E-state index is 0.133. The quantitative estimate of drug-likeness (QED) is 0.427. The lowest BCUT2D eigenvalue weighted by Gasteiger charge is -2.15. The van der Waals surface area contributed by atoms with Crippen LogP contribution in [0, 0.1) is 6.92 Å². The van der Waals surface area contributed by atoms with Crippen LogP contribution in [0.4, 0.5) is 11.6 Å². The first-order valence-electron chi connectivity index (χ1n) is 9.43. The number of rotatable bonds is 9. The molecule has 0 aliphatic carbocycles. The molecular weight excluding hydrogens is 384 g/mol. The highest BCUT2D eigenvalue weighted by Crippen LogP contribution is 2.29. The van der Waals surface area contributed by atoms with E-state index in [0.29, 0.717) is 17.5 Å². The molecule has 3 aromatic rings. The molecule has 3 rings (SSSR count). The van der Waals surface area contributed by atoms with Crippen molar-refractivity contribution >= 4 is 17.6 Å². The summed E-state index contributed by atoms with van der Waals surface area (Å²) in [4.78, 5) is 19.9. The van der Waals surface area contributed by atoms with Crippen LogP contribution in [-0.4, -0.2) is 45.9 Å². The Morgan fingerprint density at radius 3 is 2.57 bits per heavy atom. The molecule has 156 valence electrons. The maximum Gasteiger partial charge on any atom is 0.323 e. The van der Waals surface area contributed by atoms with Crippen molar-refractivity contribution in [1.82, 2.24) is 15.3 Å². The lowest BCUT2D eigenvalue weighted by Crippen LogP contribution is -2.39. The summed E-state index contributed by atoms with van der Waals surface area (Å²) in [6.07, 6.45) is 0. The summed E-state index contributed by atoms with van der Waals surface area (Å²) in [7, 11) is 1.50. The van der Waals surface area contributed by atoms with Crippen LogP contribution in [0.2, 0.25) is 0 Å². The van der Waals surface area contributed by atoms with E-state index in [4.69, 9.17) is 14.9 Å². The number of hydrogen-bond acceptors (Lipinski definition) is 7. The van der Waals surface area contributed by atoms with Gasteiger partial charge in [0.25, 0.3) is 0 Å². The predicted octanol–water partition coefficient (Wildman–Crippen LogP) is 2.74. The molecule has 0 unspecified atom stereocenters. The van der Waals surface area contributed by atoms with E-state index in [0.717, 1.165) is 22.4 Å². The Kier molecular flexibility index (Phi) is 6.95. The predicted molar refractivity (Wildman–Crippen MR) is 114 cm³/mol. The number of aliphatic carboxylic acids is 1. The van der Waals surface area contributed by atoms with Crippen molar-refractivity contribution in [3.63, 3.8) is 0 Å². The Balaban J connectivity index is 1.85. The fourth-order valence-electron chi connectivity index (χ4n) is 3.00. The fraction of sp³-hybridized carbons (Fsp3) is 0.227. The average molecular weight is 408 g/mol. The number of anilines is 2. The number of methoxy groups -OCH3 is 1. The molecule has 30 heavy (non-hydrogen) atoms. The van der Waals surface area contributed by atoms with E-state index in [1.54, 1.807) is 6.07 Å². The van der Waals surface area contributed by atoms with Crippen LogP contribution in [0.5, 0.6) is 5.88 Å². The monoisotopic (exact) mass is 408 g/mol. The van der Waals surface area contributed by atoms with Crippen molar-refractivity contribution in [2.75, 3.05) is 19.0 Å². The highest BCUT2D eigenvalue weighted by Gasteiger charge is 2.16. The van der Waals surface area contributed by atoms with Gasteiger partial charge < -0.3 is 20.3 Å². The summed E-state index contributed by atoms with van der Waals surface area (Å²) in [5.74, 6) is -0.461. The number of nitrogens with one attached hydrogen (secondary N) is 2. The van der Waals surface area contributed by atoms with Crippen LogP contribution in [-0.2, 0) is 11.3 Å². The summed E-state index contributed by atoms with van der Waals surface area (Å²) in [5.41, 5.74) is 4.63. The van der Waals surface area contributed by atoms with Crippen molar-refractivity contribution in [2.24, 2.45) is 0 Å². The number of nitrogens with zero attached hydrogens (tertiary/aromatic N) is 2. The number of aromatic nitrogens is 2. The van der Waals surface area contributed by atoms with Crippen molar-refractivity contribution in [1.29, 1.82) is 0 Å². The summed E-state index contributed by atoms with van der Waals surface area (Å²) < 4.78 is 5.25. The number of aliphatic hydroxyl groups is 1. The highest BCUT2D eigenvalue weighted by atomic mass is 16.5. The zero-order chi connectivity index (χ0) is 21.5. The van der Waals surface area contributed by atoms with E-state index in [9.17, 15) is 4.79 Å². The molecular formula is C22H24N4O4. The molecule has 0 saturated carbocycles. The summed E-state index contributed by atoms with van der Waals surface area (Å²) in [5, 5.41) is 24.2. The van der Waals surface area contributed by atoms with Gasteiger partial charge >= 0.3 is 5.97 Å². The van der Waals surface area contributed by atoms with Crippen LogP contribution < -0.4 is 15.4 Å². The van der Waals surface area contributed by atoms with E-state index in [2.05, 4.69) is 38.8 Å². The Hall–Kier alpha value is -3.49. The van der Waals surface area contributed by atoms with Gasteiger partial charge in [0, 0.05) is 18.3 Å². The molecule has 8 nitrogen and oxygen atoms in total. The van der Waals surface area contributed by atoms with Gasteiger partial charge in [-0.3, -0.25) is 10.1 Å². The largest absolute Gasteiger partial charge is 0.481 e. The summed E-state index contributed by atoms with van der Waals surface area (Å²) in [6, 6.07) is 16.6. The molecule has 8 heteroatoms. The van der Waals surface area contributed by atoms with Crippen LogP contribution in [0.15, 0.2) is 54.6 Å². The average Bonchev–Trinajstić information content (AvgIpc) is 2.76. The Labute approximate surface area is 174 Å². The van der Waals surface area contributed by atoms with Crippen LogP contribution in [0.25, 0.3) is 11.1 Å². The zero-order valence-electron chi connectivity index (χ0n) is 16.8. The molecule has 1 aromatic heterocycles. The molecule has 0 fully saturated rings. The molecule has 0 aliphatic rings. The number of aliphatic hydroxyl groups excluding tert-OH is 1. The Morgan fingerprint density at radius 2 is 1.90 bits per heavy atom. The second-order valence-electron chi connectivity index (χ2n) is 6.65. The van der Waals surface area contributed by atoms with Gasteiger partial charge in [0.05, 0.1) is 19.4 Å². The SMILES string of the molecule is COc1cc(CN[C@H](CO)C(=O)O)nc(Nc2cccc(-c3ccccc3)c2C)n1. The molecule has 0 amide bonds. The summed E-state index contributed by atoms with van der Waals surface area (Å²) in [6.45, 7) is 1.63. The topological polar surface area (TPSA) is 117 Å². The van der Waals surface area contributed by atoms with Crippen molar-refractivity contribution in [3.8, 4) is 17.0 Å². The first-order chi connectivity index (χ1) is 14.5. The van der Waals surface area contributed by atoms with Crippen molar-refractivity contribution in [2.45, 2.75) is 19.5 Å². The molecule has 0 spiro atoms. The second kappa shape index (κ2) is 9.82. The lowest BCUT2D eigenvalue weighted by molar-refractivity contribution is -0.140. The molecule has 1 atom stereocenters. The van der Waals surface area contributed by atoms with Crippen LogP contribution in [0.1, 0.15) is 11.3 Å². The molecule has 0 bridgehead atoms. The second-order valence-corrected chi connectivity index (χ2v) is 6.65. The van der Waals surface area contributed by atoms with E-state index < -0.39 is 18.6 Å². The van der Waals surface area contributed by atoms with Gasteiger partial charge in [0.1, 0.15) is 6.04 Å². The van der Waals surface area contributed by atoms with Crippen LogP contribution >= 0.6 is 0 Å². The third kappa shape index (κ3) is 5.11. The minimum atomic E-state index is -1.13. The van der Waals surface area contributed by atoms with Gasteiger partial charge in [-0.15, -0.1) is 0 Å². The van der Waals surface area contributed by atoms with E-state index in [1.807, 2.05) is 37.3 Å². The van der Waals surface area contributed by atoms with E-state index >= 15 is 0 Å². The van der Waals surface area contributed by atoms with Crippen LogP contribution in [0.3, 0.4) is 0 Å². The minimum Gasteiger partial charge on any atom is -0.481 e. The first kappa shape index (κ1) is 21.2. The van der Waals surface area contributed by atoms with Gasteiger partial charge in [0.15, 0.2) is 0 Å². The van der Waals surface area contributed by atoms with Crippen molar-refractivity contribution < 1.29 is 19.7 Å². The first-order valence-corrected chi connectivity index (χ1v) is 9.43. The van der Waals surface area contributed by atoms with Gasteiger partial charge in [-0.05, 0) is 29.7 Å². The maximum atomic E-state index is 11.1. The van der Waals surface area contributed by atoms with Gasteiger partial charge in [-0.2, -0.15) is 4.98 Å². The number of carbonyl (C=O) groups is 1. The van der Waals surface area contributed by atoms with Gasteiger partial charge in [-0.25, -0.2) is 4.98 Å². The molecule has 4 N–H and O–H groups in total. The number of ether oxygens (including phenoxy) is 1. The highest BCUT2D eigenvalue weighted by molar-refractivity contribution is 5.75. The third-order valence-electron chi connectivity index (χ3n) is 4.64. The summed E-state index contributed by atoms with van der Waals surface area (Å²) >= 11 is 0. The fourth-order valence-corrected chi connectivity index (χ4v) is 3.00. The van der Waals surface area contributed by atoms with Gasteiger partial charge in [0.2, 0.25) is 11.8 Å². The molecule has 0 aliphatic heterocycles. The number of carboxylic acid groups (broad SMARTS) is 1.